The van der Waals surface area contributed by atoms with Crippen molar-refractivity contribution in [2.75, 3.05) is 7.11 Å². The minimum Gasteiger partial charge on any atom is -0.496 e. The molecule has 0 bridgehead atoms. The van der Waals surface area contributed by atoms with Crippen LogP contribution in [0.25, 0.3) is 0 Å². The first-order valence-electron chi connectivity index (χ1n) is 7.59. The molecule has 1 unspecified atom stereocenters. The monoisotopic (exact) mass is 344 g/mol. The molecule has 0 aromatic heterocycles. The summed E-state index contributed by atoms with van der Waals surface area (Å²) in [4.78, 5) is 0.180. The quantitative estimate of drug-likeness (QED) is 0.680. The standard InChI is InChI=1S/C19H21BrO/c1-13-7-10-18(21-2)17(11-13)19(20)16-9-8-14-5-3-4-6-15(14)12-16/h7-12,19H,3-6H2,1-2H3. The molecule has 0 radical (unpaired) electrons. The minimum absolute atomic E-state index is 0.180. The Labute approximate surface area is 135 Å². The van der Waals surface area contributed by atoms with Crippen LogP contribution in [-0.2, 0) is 12.8 Å². The fraction of sp³-hybridized carbons (Fsp3) is 0.368. The van der Waals surface area contributed by atoms with Gasteiger partial charge in [-0.2, -0.15) is 0 Å². The highest BCUT2D eigenvalue weighted by atomic mass is 79.9. The number of hydrogen-bond donors (Lipinski definition) is 0. The number of fused-ring (bicyclic) bond motifs is 1. The van der Waals surface area contributed by atoms with Crippen molar-refractivity contribution >= 4 is 15.9 Å². The van der Waals surface area contributed by atoms with E-state index >= 15 is 0 Å². The number of methoxy groups -OCH3 is 1. The fourth-order valence-corrected chi connectivity index (χ4v) is 3.78. The van der Waals surface area contributed by atoms with E-state index < -0.39 is 0 Å². The van der Waals surface area contributed by atoms with Crippen LogP contribution in [0.15, 0.2) is 36.4 Å². The van der Waals surface area contributed by atoms with Crippen molar-refractivity contribution in [3.8, 4) is 5.75 Å². The van der Waals surface area contributed by atoms with E-state index in [1.807, 2.05) is 0 Å². The molecule has 0 fully saturated rings. The zero-order valence-electron chi connectivity index (χ0n) is 12.7. The predicted molar refractivity (Wildman–Crippen MR) is 91.6 cm³/mol. The summed E-state index contributed by atoms with van der Waals surface area (Å²) < 4.78 is 5.53. The summed E-state index contributed by atoms with van der Waals surface area (Å²) in [6, 6.07) is 13.3. The van der Waals surface area contributed by atoms with E-state index in [0.717, 1.165) is 5.75 Å². The van der Waals surface area contributed by atoms with Gasteiger partial charge in [0.15, 0.2) is 0 Å². The minimum atomic E-state index is 0.180. The maximum Gasteiger partial charge on any atom is 0.123 e. The van der Waals surface area contributed by atoms with Crippen molar-refractivity contribution < 1.29 is 4.74 Å². The second kappa shape index (κ2) is 6.23. The third-order valence-corrected chi connectivity index (χ3v) is 5.35. The van der Waals surface area contributed by atoms with Crippen LogP contribution in [0.4, 0.5) is 0 Å². The highest BCUT2D eigenvalue weighted by molar-refractivity contribution is 9.09. The molecule has 1 atom stereocenters. The molecular weight excluding hydrogens is 324 g/mol. The maximum atomic E-state index is 5.53. The molecule has 0 saturated carbocycles. The molecule has 1 aliphatic rings. The Kier molecular flexibility index (Phi) is 4.34. The van der Waals surface area contributed by atoms with E-state index in [1.165, 1.54) is 53.5 Å². The first-order valence-corrected chi connectivity index (χ1v) is 8.51. The van der Waals surface area contributed by atoms with Crippen LogP contribution < -0.4 is 4.74 Å². The molecule has 0 aliphatic heterocycles. The van der Waals surface area contributed by atoms with Crippen LogP contribution in [0.1, 0.15) is 45.5 Å². The molecule has 3 rings (SSSR count). The molecule has 21 heavy (non-hydrogen) atoms. The Hall–Kier alpha value is -1.28. The van der Waals surface area contributed by atoms with Gasteiger partial charge in [0.2, 0.25) is 0 Å². The van der Waals surface area contributed by atoms with Crippen LogP contribution in [0, 0.1) is 6.92 Å². The lowest BCUT2D eigenvalue weighted by Gasteiger charge is -2.20. The lowest BCUT2D eigenvalue weighted by molar-refractivity contribution is 0.410. The molecule has 0 heterocycles. The van der Waals surface area contributed by atoms with E-state index in [9.17, 15) is 0 Å². The van der Waals surface area contributed by atoms with Gasteiger partial charge in [0.25, 0.3) is 0 Å². The van der Waals surface area contributed by atoms with Crippen LogP contribution in [0.3, 0.4) is 0 Å². The number of hydrogen-bond acceptors (Lipinski definition) is 1. The van der Waals surface area contributed by atoms with Crippen LogP contribution >= 0.6 is 15.9 Å². The SMILES string of the molecule is COc1ccc(C)cc1C(Br)c1ccc2c(c1)CCCC2. The Morgan fingerprint density at radius 2 is 1.76 bits per heavy atom. The molecule has 2 aromatic rings. The maximum absolute atomic E-state index is 5.53. The summed E-state index contributed by atoms with van der Waals surface area (Å²) in [5.74, 6) is 0.945. The number of rotatable bonds is 3. The molecular formula is C19H21BrO. The molecule has 2 aromatic carbocycles. The van der Waals surface area contributed by atoms with Gasteiger partial charge in [-0.05, 0) is 55.4 Å². The van der Waals surface area contributed by atoms with Crippen molar-refractivity contribution in [3.05, 3.63) is 64.2 Å². The molecule has 0 amide bonds. The predicted octanol–water partition coefficient (Wildman–Crippen LogP) is 5.37. The molecule has 0 saturated heterocycles. The fourth-order valence-electron chi connectivity index (χ4n) is 3.14. The zero-order chi connectivity index (χ0) is 14.8. The summed E-state index contributed by atoms with van der Waals surface area (Å²) in [6.07, 6.45) is 5.09. The van der Waals surface area contributed by atoms with Crippen molar-refractivity contribution in [2.24, 2.45) is 0 Å². The zero-order valence-corrected chi connectivity index (χ0v) is 14.2. The summed E-state index contributed by atoms with van der Waals surface area (Å²) in [5, 5.41) is 0. The molecule has 0 N–H and O–H groups in total. The molecule has 1 aliphatic carbocycles. The lowest BCUT2D eigenvalue weighted by atomic mass is 9.89. The summed E-state index contributed by atoms with van der Waals surface area (Å²) in [5.41, 5.74) is 6.83. The van der Waals surface area contributed by atoms with Gasteiger partial charge in [0.1, 0.15) is 5.75 Å². The van der Waals surface area contributed by atoms with Crippen molar-refractivity contribution in [3.63, 3.8) is 0 Å². The largest absolute Gasteiger partial charge is 0.496 e. The second-order valence-electron chi connectivity index (χ2n) is 5.84. The van der Waals surface area contributed by atoms with Gasteiger partial charge in [-0.1, -0.05) is 51.8 Å². The van der Waals surface area contributed by atoms with Crippen molar-refractivity contribution in [1.29, 1.82) is 0 Å². The van der Waals surface area contributed by atoms with Gasteiger partial charge >= 0.3 is 0 Å². The van der Waals surface area contributed by atoms with Crippen LogP contribution in [0.2, 0.25) is 0 Å². The normalized spacial score (nSPS) is 15.4. The molecule has 2 heteroatoms. The Bertz CT molecular complexity index is 648. The molecule has 110 valence electrons. The van der Waals surface area contributed by atoms with Crippen molar-refractivity contribution in [1.82, 2.24) is 0 Å². The highest BCUT2D eigenvalue weighted by Gasteiger charge is 2.18. The number of ether oxygens (including phenoxy) is 1. The molecule has 0 spiro atoms. The first-order chi connectivity index (χ1) is 10.2. The average molecular weight is 345 g/mol. The Morgan fingerprint density at radius 1 is 1.00 bits per heavy atom. The van der Waals surface area contributed by atoms with Gasteiger partial charge in [0.05, 0.1) is 11.9 Å². The number of benzene rings is 2. The second-order valence-corrected chi connectivity index (χ2v) is 6.76. The number of alkyl halides is 1. The third-order valence-electron chi connectivity index (χ3n) is 4.32. The summed E-state index contributed by atoms with van der Waals surface area (Å²) in [6.45, 7) is 2.12. The van der Waals surface area contributed by atoms with E-state index in [1.54, 1.807) is 7.11 Å². The van der Waals surface area contributed by atoms with Gasteiger partial charge < -0.3 is 4.74 Å². The smallest absolute Gasteiger partial charge is 0.123 e. The number of halogens is 1. The Morgan fingerprint density at radius 3 is 2.52 bits per heavy atom. The van der Waals surface area contributed by atoms with Gasteiger partial charge in [-0.3, -0.25) is 0 Å². The Balaban J connectivity index is 1.98. The van der Waals surface area contributed by atoms with Gasteiger partial charge in [-0.15, -0.1) is 0 Å². The van der Waals surface area contributed by atoms with E-state index in [2.05, 4.69) is 59.3 Å². The van der Waals surface area contributed by atoms with Gasteiger partial charge in [0, 0.05) is 5.56 Å². The van der Waals surface area contributed by atoms with Crippen LogP contribution in [0.5, 0.6) is 5.75 Å². The average Bonchev–Trinajstić information content (AvgIpc) is 2.53. The van der Waals surface area contributed by atoms with Gasteiger partial charge in [-0.25, -0.2) is 0 Å². The van der Waals surface area contributed by atoms with Crippen LogP contribution in [-0.4, -0.2) is 7.11 Å². The summed E-state index contributed by atoms with van der Waals surface area (Å²) in [7, 11) is 1.74. The topological polar surface area (TPSA) is 9.23 Å². The van der Waals surface area contributed by atoms with E-state index in [0.29, 0.717) is 0 Å². The molecule has 1 nitrogen and oxygen atoms in total. The lowest BCUT2D eigenvalue weighted by Crippen LogP contribution is -2.05. The third kappa shape index (κ3) is 3.01. The van der Waals surface area contributed by atoms with E-state index in [4.69, 9.17) is 4.74 Å². The summed E-state index contributed by atoms with van der Waals surface area (Å²) >= 11 is 3.87. The van der Waals surface area contributed by atoms with E-state index in [-0.39, 0.29) is 4.83 Å². The highest BCUT2D eigenvalue weighted by Crippen LogP contribution is 2.38. The number of aryl methyl sites for hydroxylation is 3. The van der Waals surface area contributed by atoms with Crippen molar-refractivity contribution in [2.45, 2.75) is 37.4 Å². The first kappa shape index (κ1) is 14.6.